The summed E-state index contributed by atoms with van der Waals surface area (Å²) in [5.74, 6) is 0.739. The number of benzene rings is 4. The van der Waals surface area contributed by atoms with Crippen LogP contribution in [0.1, 0.15) is 5.56 Å². The van der Waals surface area contributed by atoms with E-state index >= 15 is 0 Å². The van der Waals surface area contributed by atoms with Gasteiger partial charge in [0, 0.05) is 35.5 Å². The van der Waals surface area contributed by atoms with E-state index in [4.69, 9.17) is 19.6 Å². The maximum atomic E-state index is 10.8. The molecule has 1 aliphatic heterocycles. The molecule has 0 amide bonds. The molecule has 6 aromatic rings. The Morgan fingerprint density at radius 3 is 2.00 bits per heavy atom. The van der Waals surface area contributed by atoms with Gasteiger partial charge in [0.15, 0.2) is 5.65 Å². The second-order valence-corrected chi connectivity index (χ2v) is 10.4. The molecule has 0 aliphatic carbocycles. The summed E-state index contributed by atoms with van der Waals surface area (Å²) in [6.07, 6.45) is 0. The van der Waals surface area contributed by atoms with Crippen molar-refractivity contribution < 1.29 is 9.47 Å². The van der Waals surface area contributed by atoms with Crippen molar-refractivity contribution in [3.63, 3.8) is 0 Å². The normalized spacial score (nSPS) is 13.2. The smallest absolute Gasteiger partial charge is 0.164 e. The minimum atomic E-state index is 0.501. The summed E-state index contributed by atoms with van der Waals surface area (Å²) in [5, 5.41) is 16.7. The molecule has 7 rings (SSSR count). The zero-order valence-corrected chi connectivity index (χ0v) is 23.8. The summed E-state index contributed by atoms with van der Waals surface area (Å²) in [6, 6.07) is 38.8. The fourth-order valence-corrected chi connectivity index (χ4v) is 5.71. The van der Waals surface area contributed by atoms with Crippen LogP contribution in [0.3, 0.4) is 0 Å². The van der Waals surface area contributed by atoms with E-state index in [0.717, 1.165) is 76.8 Å². The van der Waals surface area contributed by atoms with Crippen LogP contribution in [0.2, 0.25) is 0 Å². The Balaban J connectivity index is 1.54. The van der Waals surface area contributed by atoms with Crippen molar-refractivity contribution in [3.8, 4) is 51.1 Å². The fraction of sp³-hybridized carbons (Fsp3) is 0.139. The first-order chi connectivity index (χ1) is 21.2. The third-order valence-corrected chi connectivity index (χ3v) is 7.87. The average molecular weight is 564 g/mol. The highest BCUT2D eigenvalue weighted by atomic mass is 16.5. The number of para-hydroxylation sites is 1. The molecule has 0 radical (unpaired) electrons. The summed E-state index contributed by atoms with van der Waals surface area (Å²) in [7, 11) is 1.64. The van der Waals surface area contributed by atoms with E-state index in [9.17, 15) is 5.26 Å². The minimum Gasteiger partial charge on any atom is -0.497 e. The van der Waals surface area contributed by atoms with Crippen molar-refractivity contribution in [1.82, 2.24) is 14.8 Å². The Kier molecular flexibility index (Phi) is 7.04. The summed E-state index contributed by atoms with van der Waals surface area (Å²) < 4.78 is 12.8. The molecule has 0 N–H and O–H groups in total. The molecule has 1 aliphatic rings. The van der Waals surface area contributed by atoms with Crippen molar-refractivity contribution >= 4 is 16.7 Å². The van der Waals surface area contributed by atoms with E-state index in [0.29, 0.717) is 16.9 Å². The lowest BCUT2D eigenvalue weighted by Crippen LogP contribution is -2.36. The minimum absolute atomic E-state index is 0.501. The maximum absolute atomic E-state index is 10.8. The van der Waals surface area contributed by atoms with Crippen LogP contribution in [-0.2, 0) is 4.74 Å². The molecule has 0 bridgehead atoms. The van der Waals surface area contributed by atoms with Gasteiger partial charge < -0.3 is 14.4 Å². The zero-order chi connectivity index (χ0) is 29.2. The molecule has 7 nitrogen and oxygen atoms in total. The van der Waals surface area contributed by atoms with Crippen molar-refractivity contribution in [2.75, 3.05) is 38.3 Å². The molecule has 43 heavy (non-hydrogen) atoms. The highest BCUT2D eigenvalue weighted by Gasteiger charge is 2.26. The number of hydrogen-bond acceptors (Lipinski definition) is 6. The average Bonchev–Trinajstić information content (AvgIpc) is 3.48. The van der Waals surface area contributed by atoms with Crippen molar-refractivity contribution in [1.29, 1.82) is 5.26 Å². The van der Waals surface area contributed by atoms with Gasteiger partial charge in [0.2, 0.25) is 0 Å². The summed E-state index contributed by atoms with van der Waals surface area (Å²) in [4.78, 5) is 7.51. The Morgan fingerprint density at radius 1 is 0.721 bits per heavy atom. The maximum Gasteiger partial charge on any atom is 0.164 e. The number of fused-ring (bicyclic) bond motifs is 1. The van der Waals surface area contributed by atoms with Crippen molar-refractivity contribution in [2.24, 2.45) is 0 Å². The number of nitriles is 1. The quantitative estimate of drug-likeness (QED) is 0.214. The molecule has 0 spiro atoms. The lowest BCUT2D eigenvalue weighted by molar-refractivity contribution is 0.122. The molecule has 0 atom stereocenters. The number of nitrogens with zero attached hydrogens (tertiary/aromatic N) is 5. The fourth-order valence-electron chi connectivity index (χ4n) is 5.71. The van der Waals surface area contributed by atoms with Gasteiger partial charge in [0.1, 0.15) is 17.5 Å². The van der Waals surface area contributed by atoms with Crippen molar-refractivity contribution in [2.45, 2.75) is 0 Å². The number of morpholine rings is 1. The van der Waals surface area contributed by atoms with Gasteiger partial charge >= 0.3 is 0 Å². The van der Waals surface area contributed by atoms with Crippen LogP contribution in [0, 0.1) is 11.3 Å². The molecular weight excluding hydrogens is 534 g/mol. The first-order valence-corrected chi connectivity index (χ1v) is 14.3. The van der Waals surface area contributed by atoms with E-state index in [1.54, 1.807) is 7.11 Å². The molecule has 1 fully saturated rings. The number of aromatic nitrogens is 3. The lowest BCUT2D eigenvalue weighted by atomic mass is 9.92. The molecule has 4 aromatic carbocycles. The predicted molar refractivity (Wildman–Crippen MR) is 169 cm³/mol. The molecule has 7 heteroatoms. The Bertz CT molecular complexity index is 1920. The van der Waals surface area contributed by atoms with Crippen LogP contribution in [0.5, 0.6) is 5.75 Å². The molecule has 2 aromatic heterocycles. The Morgan fingerprint density at radius 2 is 1.35 bits per heavy atom. The molecule has 0 saturated carbocycles. The van der Waals surface area contributed by atoms with Gasteiger partial charge in [0.05, 0.1) is 42.7 Å². The molecule has 210 valence electrons. The highest BCUT2D eigenvalue weighted by Crippen LogP contribution is 2.42. The molecule has 3 heterocycles. The third-order valence-electron chi connectivity index (χ3n) is 7.87. The standard InChI is InChI=1S/C36H29N5O2/c1-42-30-18-14-27(15-19-30)34-31(24-37)32(25-12-16-28(17-13-25)40-20-22-43-23-21-40)33-35(26-8-4-2-5-9-26)39-41(36(33)38-34)29-10-6-3-7-11-29/h2-19H,20-23H2,1H3. The molecular formula is C36H29N5O2. The van der Waals surface area contributed by atoms with Gasteiger partial charge in [-0.2, -0.15) is 10.4 Å². The first kappa shape index (κ1) is 26.4. The number of ether oxygens (including phenoxy) is 2. The van der Waals surface area contributed by atoms with E-state index in [1.807, 2.05) is 89.6 Å². The largest absolute Gasteiger partial charge is 0.497 e. The third kappa shape index (κ3) is 4.88. The molecule has 1 saturated heterocycles. The van der Waals surface area contributed by atoms with E-state index in [-0.39, 0.29) is 0 Å². The second kappa shape index (κ2) is 11.4. The monoisotopic (exact) mass is 563 g/mol. The lowest BCUT2D eigenvalue weighted by Gasteiger charge is -2.29. The van der Waals surface area contributed by atoms with Crippen LogP contribution >= 0.6 is 0 Å². The van der Waals surface area contributed by atoms with Crippen LogP contribution in [0.4, 0.5) is 5.69 Å². The number of hydrogen-bond donors (Lipinski definition) is 0. The zero-order valence-electron chi connectivity index (χ0n) is 23.8. The van der Waals surface area contributed by atoms with Crippen LogP contribution in [0.15, 0.2) is 109 Å². The number of rotatable bonds is 6. The van der Waals surface area contributed by atoms with E-state index in [2.05, 4.69) is 35.2 Å². The van der Waals surface area contributed by atoms with Gasteiger partial charge in [0.25, 0.3) is 0 Å². The van der Waals surface area contributed by atoms with Crippen LogP contribution in [0.25, 0.3) is 50.4 Å². The Hall–Kier alpha value is -5.45. The van der Waals surface area contributed by atoms with E-state index < -0.39 is 0 Å². The topological polar surface area (TPSA) is 76.2 Å². The van der Waals surface area contributed by atoms with Crippen molar-refractivity contribution in [3.05, 3.63) is 115 Å². The number of pyridine rings is 1. The SMILES string of the molecule is COc1ccc(-c2nc3c(c(-c4ccccc4)nn3-c3ccccc3)c(-c3ccc(N4CCOCC4)cc3)c2C#N)cc1. The van der Waals surface area contributed by atoms with Gasteiger partial charge in [-0.15, -0.1) is 0 Å². The summed E-state index contributed by atoms with van der Waals surface area (Å²) >= 11 is 0. The van der Waals surface area contributed by atoms with E-state index in [1.165, 1.54) is 0 Å². The highest BCUT2D eigenvalue weighted by molar-refractivity contribution is 6.07. The van der Waals surface area contributed by atoms with Crippen LogP contribution < -0.4 is 9.64 Å². The summed E-state index contributed by atoms with van der Waals surface area (Å²) in [6.45, 7) is 3.14. The van der Waals surface area contributed by atoms with Gasteiger partial charge in [-0.05, 0) is 54.1 Å². The van der Waals surface area contributed by atoms with Gasteiger partial charge in [-0.3, -0.25) is 0 Å². The number of methoxy groups -OCH3 is 1. The van der Waals surface area contributed by atoms with Crippen LogP contribution in [-0.4, -0.2) is 48.2 Å². The summed E-state index contributed by atoms with van der Waals surface area (Å²) in [5.41, 5.74) is 8.11. The molecule has 0 unspecified atom stereocenters. The first-order valence-electron chi connectivity index (χ1n) is 14.3. The number of anilines is 1. The predicted octanol–water partition coefficient (Wildman–Crippen LogP) is 7.14. The van der Waals surface area contributed by atoms with Gasteiger partial charge in [-0.1, -0.05) is 60.7 Å². The second-order valence-electron chi connectivity index (χ2n) is 10.4. The Labute approximate surface area is 250 Å². The van der Waals surface area contributed by atoms with Gasteiger partial charge in [-0.25, -0.2) is 9.67 Å².